The second kappa shape index (κ2) is 7.05. The Bertz CT molecular complexity index is 921. The molecule has 1 N–H and O–H groups in total. The molecule has 0 saturated carbocycles. The Balaban J connectivity index is 2.01. The predicted molar refractivity (Wildman–Crippen MR) is 96.0 cm³/mol. The normalized spacial score (nSPS) is 10.4. The van der Waals surface area contributed by atoms with Gasteiger partial charge in [-0.25, -0.2) is 0 Å². The quantitative estimate of drug-likeness (QED) is 0.548. The van der Waals surface area contributed by atoms with E-state index >= 15 is 0 Å². The van der Waals surface area contributed by atoms with Crippen molar-refractivity contribution in [1.29, 1.82) is 0 Å². The number of benzene rings is 3. The Morgan fingerprint density at radius 2 is 1.76 bits per heavy atom. The average Bonchev–Trinajstić information content (AvgIpc) is 2.62. The molecule has 0 unspecified atom stereocenters. The molecule has 25 heavy (non-hydrogen) atoms. The predicted octanol–water partition coefficient (Wildman–Crippen LogP) is 4.57. The summed E-state index contributed by atoms with van der Waals surface area (Å²) in [4.78, 5) is 10.6. The first-order chi connectivity index (χ1) is 12.1. The van der Waals surface area contributed by atoms with Crippen LogP contribution in [0.5, 0.6) is 11.5 Å². The van der Waals surface area contributed by atoms with E-state index in [0.29, 0.717) is 12.2 Å². The van der Waals surface area contributed by atoms with Gasteiger partial charge in [-0.3, -0.25) is 10.1 Å². The molecule has 0 bridgehead atoms. The molecule has 0 amide bonds. The Morgan fingerprint density at radius 3 is 2.48 bits per heavy atom. The molecular formula is C20H17NO4. The van der Waals surface area contributed by atoms with Crippen LogP contribution in [0.15, 0.2) is 66.7 Å². The van der Waals surface area contributed by atoms with Gasteiger partial charge in [0.2, 0.25) is 0 Å². The highest BCUT2D eigenvalue weighted by Gasteiger charge is 2.12. The van der Waals surface area contributed by atoms with Gasteiger partial charge < -0.3 is 9.84 Å². The molecule has 0 fully saturated rings. The molecule has 3 aromatic carbocycles. The van der Waals surface area contributed by atoms with E-state index in [9.17, 15) is 15.2 Å². The van der Waals surface area contributed by atoms with Gasteiger partial charge in [-0.05, 0) is 47.4 Å². The van der Waals surface area contributed by atoms with Gasteiger partial charge >= 0.3 is 0 Å². The largest absolute Gasteiger partial charge is 0.508 e. The summed E-state index contributed by atoms with van der Waals surface area (Å²) in [5.74, 6) is 0.880. The van der Waals surface area contributed by atoms with Crippen LogP contribution in [0.25, 0.3) is 11.1 Å². The molecule has 126 valence electrons. The van der Waals surface area contributed by atoms with Crippen LogP contribution in [0.2, 0.25) is 0 Å². The lowest BCUT2D eigenvalue weighted by atomic mass is 9.98. The number of nitrogens with zero attached hydrogens (tertiary/aromatic N) is 1. The topological polar surface area (TPSA) is 72.6 Å². The summed E-state index contributed by atoms with van der Waals surface area (Å²) in [6.07, 6.45) is 0.639. The van der Waals surface area contributed by atoms with Gasteiger partial charge in [0.15, 0.2) is 0 Å². The molecule has 0 aromatic heterocycles. The molecule has 5 nitrogen and oxygen atoms in total. The lowest BCUT2D eigenvalue weighted by molar-refractivity contribution is -0.384. The van der Waals surface area contributed by atoms with E-state index < -0.39 is 4.92 Å². The first-order valence-corrected chi connectivity index (χ1v) is 7.76. The number of hydrogen-bond donors (Lipinski definition) is 1. The highest BCUT2D eigenvalue weighted by Crippen LogP contribution is 2.33. The third kappa shape index (κ3) is 3.77. The molecule has 0 aliphatic heterocycles. The monoisotopic (exact) mass is 335 g/mol. The summed E-state index contributed by atoms with van der Waals surface area (Å²) in [5.41, 5.74) is 3.56. The average molecular weight is 335 g/mol. The van der Waals surface area contributed by atoms with E-state index in [1.54, 1.807) is 31.4 Å². The van der Waals surface area contributed by atoms with Crippen molar-refractivity contribution in [1.82, 2.24) is 0 Å². The zero-order valence-electron chi connectivity index (χ0n) is 13.7. The van der Waals surface area contributed by atoms with Crippen molar-refractivity contribution in [3.8, 4) is 22.6 Å². The summed E-state index contributed by atoms with van der Waals surface area (Å²) in [7, 11) is 1.57. The van der Waals surface area contributed by atoms with Crippen LogP contribution in [0.4, 0.5) is 5.69 Å². The van der Waals surface area contributed by atoms with Crippen molar-refractivity contribution in [2.24, 2.45) is 0 Å². The first-order valence-electron chi connectivity index (χ1n) is 7.76. The minimum Gasteiger partial charge on any atom is -0.508 e. The Hall–Kier alpha value is -3.34. The second-order valence-electron chi connectivity index (χ2n) is 5.69. The number of aromatic hydroxyl groups is 1. The summed E-state index contributed by atoms with van der Waals surface area (Å²) in [6.45, 7) is 0. The maximum atomic E-state index is 11.0. The van der Waals surface area contributed by atoms with Crippen molar-refractivity contribution in [3.63, 3.8) is 0 Å². The molecular weight excluding hydrogens is 318 g/mol. The smallest absolute Gasteiger partial charge is 0.270 e. The highest BCUT2D eigenvalue weighted by molar-refractivity contribution is 5.73. The molecule has 3 rings (SSSR count). The molecule has 0 atom stereocenters. The molecule has 0 saturated heterocycles. The number of non-ortho nitro benzene ring substituents is 1. The van der Waals surface area contributed by atoms with Gasteiger partial charge in [-0.2, -0.15) is 0 Å². The zero-order chi connectivity index (χ0) is 17.8. The van der Waals surface area contributed by atoms with Crippen LogP contribution < -0.4 is 4.74 Å². The minimum atomic E-state index is -0.410. The van der Waals surface area contributed by atoms with Gasteiger partial charge in [0, 0.05) is 17.7 Å². The fourth-order valence-electron chi connectivity index (χ4n) is 2.78. The third-order valence-electron chi connectivity index (χ3n) is 3.95. The van der Waals surface area contributed by atoms with Crippen molar-refractivity contribution in [2.45, 2.75) is 6.42 Å². The number of phenolic OH excluding ortho intramolecular Hbond substituents is 1. The lowest BCUT2D eigenvalue weighted by Gasteiger charge is -2.11. The van der Waals surface area contributed by atoms with Crippen LogP contribution in [0, 0.1) is 10.1 Å². The van der Waals surface area contributed by atoms with E-state index in [1.165, 1.54) is 12.1 Å². The van der Waals surface area contributed by atoms with E-state index in [2.05, 4.69) is 0 Å². The number of rotatable bonds is 5. The lowest BCUT2D eigenvalue weighted by Crippen LogP contribution is -1.94. The number of nitro groups is 1. The SMILES string of the molecule is COc1ccc(Cc2cccc(O)c2)cc1-c1cccc([N+](=O)[O-])c1. The standard InChI is InChI=1S/C20H17NO4/c1-25-20-9-8-15(10-14-4-2-7-18(22)11-14)12-19(20)16-5-3-6-17(13-16)21(23)24/h2-9,11-13,22H,10H2,1H3. The maximum Gasteiger partial charge on any atom is 0.270 e. The van der Waals surface area contributed by atoms with Crippen molar-refractivity contribution in [2.75, 3.05) is 7.11 Å². The summed E-state index contributed by atoms with van der Waals surface area (Å²) < 4.78 is 5.41. The molecule has 0 heterocycles. The van der Waals surface area contributed by atoms with Crippen molar-refractivity contribution in [3.05, 3.63) is 88.0 Å². The maximum absolute atomic E-state index is 11.0. The van der Waals surface area contributed by atoms with E-state index in [4.69, 9.17) is 4.74 Å². The molecule has 0 aliphatic carbocycles. The fraction of sp³-hybridized carbons (Fsp3) is 0.100. The van der Waals surface area contributed by atoms with Crippen LogP contribution in [0.3, 0.4) is 0 Å². The van der Waals surface area contributed by atoms with Crippen LogP contribution in [-0.2, 0) is 6.42 Å². The molecule has 0 radical (unpaired) electrons. The van der Waals surface area contributed by atoms with Crippen molar-refractivity contribution < 1.29 is 14.8 Å². The number of phenols is 1. The first kappa shape index (κ1) is 16.5. The van der Waals surface area contributed by atoms with Gasteiger partial charge in [-0.1, -0.05) is 30.3 Å². The van der Waals surface area contributed by atoms with Gasteiger partial charge in [0.05, 0.1) is 12.0 Å². The zero-order valence-corrected chi connectivity index (χ0v) is 13.7. The van der Waals surface area contributed by atoms with Crippen molar-refractivity contribution >= 4 is 5.69 Å². The number of nitro benzene ring substituents is 1. The van der Waals surface area contributed by atoms with E-state index in [0.717, 1.165) is 22.3 Å². The van der Waals surface area contributed by atoms with E-state index in [1.807, 2.05) is 30.3 Å². The van der Waals surface area contributed by atoms with Crippen LogP contribution in [-0.4, -0.2) is 17.1 Å². The van der Waals surface area contributed by atoms with E-state index in [-0.39, 0.29) is 11.4 Å². The van der Waals surface area contributed by atoms with Crippen LogP contribution in [0.1, 0.15) is 11.1 Å². The Labute approximate surface area is 145 Å². The summed E-state index contributed by atoms with van der Waals surface area (Å²) >= 11 is 0. The molecule has 0 spiro atoms. The molecule has 5 heteroatoms. The second-order valence-corrected chi connectivity index (χ2v) is 5.69. The summed E-state index contributed by atoms with van der Waals surface area (Å²) in [5, 5.41) is 20.6. The third-order valence-corrected chi connectivity index (χ3v) is 3.95. The Morgan fingerprint density at radius 1 is 1.00 bits per heavy atom. The molecule has 3 aromatic rings. The fourth-order valence-corrected chi connectivity index (χ4v) is 2.78. The minimum absolute atomic E-state index is 0.0398. The van der Waals surface area contributed by atoms with Crippen LogP contribution >= 0.6 is 0 Å². The molecule has 0 aliphatic rings. The van der Waals surface area contributed by atoms with Gasteiger partial charge in [0.1, 0.15) is 11.5 Å². The number of ether oxygens (including phenoxy) is 1. The Kier molecular flexibility index (Phi) is 4.66. The highest BCUT2D eigenvalue weighted by atomic mass is 16.6. The van der Waals surface area contributed by atoms with Gasteiger partial charge in [-0.15, -0.1) is 0 Å². The van der Waals surface area contributed by atoms with Gasteiger partial charge in [0.25, 0.3) is 5.69 Å². The number of methoxy groups -OCH3 is 1. The number of hydrogen-bond acceptors (Lipinski definition) is 4. The summed E-state index contributed by atoms with van der Waals surface area (Å²) in [6, 6.07) is 19.3.